The highest BCUT2D eigenvalue weighted by Gasteiger charge is 2.18. The maximum absolute atomic E-state index is 6.18. The van der Waals surface area contributed by atoms with Crippen LogP contribution in [0.2, 0.25) is 5.02 Å². The summed E-state index contributed by atoms with van der Waals surface area (Å²) in [5.74, 6) is 0. The maximum Gasteiger partial charge on any atom is 0.0749 e. The summed E-state index contributed by atoms with van der Waals surface area (Å²) < 4.78 is 5.84. The van der Waals surface area contributed by atoms with Gasteiger partial charge in [-0.15, -0.1) is 0 Å². The van der Waals surface area contributed by atoms with Crippen molar-refractivity contribution < 1.29 is 4.74 Å². The molecule has 4 heteroatoms. The van der Waals surface area contributed by atoms with Gasteiger partial charge in [0.15, 0.2) is 0 Å². The van der Waals surface area contributed by atoms with Gasteiger partial charge in [0, 0.05) is 37.0 Å². The standard InChI is InChI=1S/C17H27ClN2O/c1-3-15(19)10-13-7-8-14(18)11-17(13)20(2)12-16-6-4-5-9-21-16/h7-8,11,15-16H,3-6,9-10,12,19H2,1-2H3. The molecule has 0 amide bonds. The summed E-state index contributed by atoms with van der Waals surface area (Å²) >= 11 is 6.18. The van der Waals surface area contributed by atoms with Crippen LogP contribution in [0, 0.1) is 0 Å². The molecule has 2 atom stereocenters. The Balaban J connectivity index is 2.09. The van der Waals surface area contributed by atoms with E-state index in [1.54, 1.807) is 0 Å². The Morgan fingerprint density at radius 3 is 2.90 bits per heavy atom. The van der Waals surface area contributed by atoms with Crippen molar-refractivity contribution >= 4 is 17.3 Å². The Bertz CT molecular complexity index is 446. The van der Waals surface area contributed by atoms with Crippen LogP contribution in [0.4, 0.5) is 5.69 Å². The molecular formula is C17H27ClN2O. The van der Waals surface area contributed by atoms with Gasteiger partial charge in [-0.05, 0) is 49.8 Å². The summed E-state index contributed by atoms with van der Waals surface area (Å²) in [5, 5.41) is 0.773. The van der Waals surface area contributed by atoms with E-state index in [9.17, 15) is 0 Å². The van der Waals surface area contributed by atoms with Gasteiger partial charge < -0.3 is 15.4 Å². The molecule has 1 saturated heterocycles. The highest BCUT2D eigenvalue weighted by Crippen LogP contribution is 2.26. The van der Waals surface area contributed by atoms with E-state index < -0.39 is 0 Å². The zero-order valence-electron chi connectivity index (χ0n) is 13.1. The topological polar surface area (TPSA) is 38.5 Å². The van der Waals surface area contributed by atoms with Gasteiger partial charge >= 0.3 is 0 Å². The lowest BCUT2D eigenvalue weighted by molar-refractivity contribution is 0.0216. The lowest BCUT2D eigenvalue weighted by atomic mass is 10.0. The monoisotopic (exact) mass is 310 g/mol. The molecule has 0 bridgehead atoms. The third-order valence-electron chi connectivity index (χ3n) is 4.22. The van der Waals surface area contributed by atoms with Crippen LogP contribution < -0.4 is 10.6 Å². The smallest absolute Gasteiger partial charge is 0.0749 e. The predicted octanol–water partition coefficient (Wildman–Crippen LogP) is 3.63. The van der Waals surface area contributed by atoms with Crippen LogP contribution in [-0.2, 0) is 11.2 Å². The molecule has 2 N–H and O–H groups in total. The van der Waals surface area contributed by atoms with E-state index in [4.69, 9.17) is 22.1 Å². The van der Waals surface area contributed by atoms with Crippen molar-refractivity contribution in [2.45, 2.75) is 51.2 Å². The van der Waals surface area contributed by atoms with E-state index in [0.29, 0.717) is 6.10 Å². The van der Waals surface area contributed by atoms with Crippen molar-refractivity contribution in [3.8, 4) is 0 Å². The van der Waals surface area contributed by atoms with E-state index in [1.807, 2.05) is 12.1 Å². The van der Waals surface area contributed by atoms with E-state index in [1.165, 1.54) is 24.1 Å². The third-order valence-corrected chi connectivity index (χ3v) is 4.45. The van der Waals surface area contributed by atoms with Gasteiger partial charge in [-0.25, -0.2) is 0 Å². The van der Waals surface area contributed by atoms with Crippen LogP contribution in [0.25, 0.3) is 0 Å². The van der Waals surface area contributed by atoms with Crippen molar-refractivity contribution in [2.75, 3.05) is 25.1 Å². The molecule has 1 fully saturated rings. The molecule has 0 aromatic heterocycles. The lowest BCUT2D eigenvalue weighted by Gasteiger charge is -2.30. The fraction of sp³-hybridized carbons (Fsp3) is 0.647. The maximum atomic E-state index is 6.18. The Morgan fingerprint density at radius 1 is 1.43 bits per heavy atom. The van der Waals surface area contributed by atoms with Gasteiger partial charge in [0.2, 0.25) is 0 Å². The molecule has 21 heavy (non-hydrogen) atoms. The SMILES string of the molecule is CCC(N)Cc1ccc(Cl)cc1N(C)CC1CCCCO1. The first-order valence-corrected chi connectivity index (χ1v) is 8.34. The lowest BCUT2D eigenvalue weighted by Crippen LogP contribution is -2.34. The van der Waals surface area contributed by atoms with Crippen LogP contribution >= 0.6 is 11.6 Å². The van der Waals surface area contributed by atoms with Crippen LogP contribution in [-0.4, -0.2) is 32.3 Å². The highest BCUT2D eigenvalue weighted by atomic mass is 35.5. The number of anilines is 1. The zero-order valence-corrected chi connectivity index (χ0v) is 13.9. The van der Waals surface area contributed by atoms with Gasteiger partial charge in [-0.3, -0.25) is 0 Å². The molecule has 1 aromatic rings. The quantitative estimate of drug-likeness (QED) is 0.872. The van der Waals surface area contributed by atoms with Crippen LogP contribution in [0.5, 0.6) is 0 Å². The highest BCUT2D eigenvalue weighted by molar-refractivity contribution is 6.30. The second kappa shape index (κ2) is 8.02. The number of rotatable bonds is 6. The summed E-state index contributed by atoms with van der Waals surface area (Å²) in [5.41, 5.74) is 8.57. The number of benzene rings is 1. The van der Waals surface area contributed by atoms with Gasteiger partial charge in [-0.1, -0.05) is 24.6 Å². The first kappa shape index (κ1) is 16.6. The van der Waals surface area contributed by atoms with Crippen molar-refractivity contribution in [3.63, 3.8) is 0 Å². The van der Waals surface area contributed by atoms with Crippen molar-refractivity contribution in [3.05, 3.63) is 28.8 Å². The number of nitrogens with zero attached hydrogens (tertiary/aromatic N) is 1. The fourth-order valence-electron chi connectivity index (χ4n) is 2.85. The second-order valence-corrected chi connectivity index (χ2v) is 6.45. The molecule has 0 radical (unpaired) electrons. The number of likely N-dealkylation sites (N-methyl/N-ethyl adjacent to an activating group) is 1. The molecule has 1 heterocycles. The minimum Gasteiger partial charge on any atom is -0.376 e. The average molecular weight is 311 g/mol. The van der Waals surface area contributed by atoms with Crippen molar-refractivity contribution in [1.29, 1.82) is 0 Å². The number of hydrogen-bond acceptors (Lipinski definition) is 3. The number of ether oxygens (including phenoxy) is 1. The summed E-state index contributed by atoms with van der Waals surface area (Å²) in [6.07, 6.45) is 5.80. The third kappa shape index (κ3) is 4.87. The normalized spacial score (nSPS) is 20.3. The molecule has 2 rings (SSSR count). The average Bonchev–Trinajstić information content (AvgIpc) is 2.49. The van der Waals surface area contributed by atoms with Crippen molar-refractivity contribution in [2.24, 2.45) is 5.73 Å². The first-order valence-electron chi connectivity index (χ1n) is 7.97. The molecule has 3 nitrogen and oxygen atoms in total. The van der Waals surface area contributed by atoms with Crippen molar-refractivity contribution in [1.82, 2.24) is 0 Å². The fourth-order valence-corrected chi connectivity index (χ4v) is 3.01. The van der Waals surface area contributed by atoms with Crippen LogP contribution in [0.15, 0.2) is 18.2 Å². The van der Waals surface area contributed by atoms with E-state index >= 15 is 0 Å². The molecule has 1 aromatic carbocycles. The molecular weight excluding hydrogens is 284 g/mol. The van der Waals surface area contributed by atoms with Gasteiger partial charge in [-0.2, -0.15) is 0 Å². The Kier molecular flexibility index (Phi) is 6.34. The Morgan fingerprint density at radius 2 is 2.24 bits per heavy atom. The van der Waals surface area contributed by atoms with Gasteiger partial charge in [0.1, 0.15) is 0 Å². The number of hydrogen-bond donors (Lipinski definition) is 1. The van der Waals surface area contributed by atoms with Gasteiger partial charge in [0.05, 0.1) is 6.10 Å². The summed E-state index contributed by atoms with van der Waals surface area (Å²) in [7, 11) is 2.12. The molecule has 1 aliphatic rings. The minimum atomic E-state index is 0.198. The summed E-state index contributed by atoms with van der Waals surface area (Å²) in [6, 6.07) is 6.30. The molecule has 118 valence electrons. The number of nitrogens with two attached hydrogens (primary N) is 1. The van der Waals surface area contributed by atoms with Crippen LogP contribution in [0.1, 0.15) is 38.2 Å². The summed E-state index contributed by atoms with van der Waals surface area (Å²) in [6.45, 7) is 3.93. The first-order chi connectivity index (χ1) is 10.1. The minimum absolute atomic E-state index is 0.198. The molecule has 0 aliphatic carbocycles. The zero-order chi connectivity index (χ0) is 15.2. The van der Waals surface area contributed by atoms with E-state index in [0.717, 1.165) is 37.4 Å². The van der Waals surface area contributed by atoms with Crippen LogP contribution in [0.3, 0.4) is 0 Å². The Labute approximate surface area is 133 Å². The molecule has 1 aliphatic heterocycles. The van der Waals surface area contributed by atoms with Gasteiger partial charge in [0.25, 0.3) is 0 Å². The molecule has 2 unspecified atom stereocenters. The second-order valence-electron chi connectivity index (χ2n) is 6.01. The molecule has 0 spiro atoms. The largest absolute Gasteiger partial charge is 0.376 e. The predicted molar refractivity (Wildman–Crippen MR) is 90.3 cm³/mol. The molecule has 0 saturated carbocycles. The Hall–Kier alpha value is -0.770. The summed E-state index contributed by atoms with van der Waals surface area (Å²) in [4.78, 5) is 2.26. The van der Waals surface area contributed by atoms with E-state index in [-0.39, 0.29) is 6.04 Å². The number of halogens is 1. The van der Waals surface area contributed by atoms with E-state index in [2.05, 4.69) is 24.9 Å².